The first-order chi connectivity index (χ1) is 25.0. The Bertz CT molecular complexity index is 2230. The summed E-state index contributed by atoms with van der Waals surface area (Å²) in [6, 6.07) is 40.5. The minimum Gasteiger partial charge on any atom is -0.399 e. The van der Waals surface area contributed by atoms with Crippen molar-refractivity contribution in [3.05, 3.63) is 167 Å². The maximum Gasteiger partial charge on any atom is 0.160 e. The Labute approximate surface area is 302 Å². The van der Waals surface area contributed by atoms with Crippen molar-refractivity contribution in [1.29, 1.82) is 0 Å². The van der Waals surface area contributed by atoms with E-state index in [2.05, 4.69) is 166 Å². The predicted octanol–water partition coefficient (Wildman–Crippen LogP) is 12.7. The van der Waals surface area contributed by atoms with Crippen molar-refractivity contribution in [2.24, 2.45) is 5.73 Å². The quantitative estimate of drug-likeness (QED) is 0.168. The highest BCUT2D eigenvalue weighted by Crippen LogP contribution is 2.40. The average Bonchev–Trinajstić information content (AvgIpc) is 3.43. The Morgan fingerprint density at radius 1 is 0.686 bits per heavy atom. The van der Waals surface area contributed by atoms with Crippen LogP contribution in [-0.4, -0.2) is 9.97 Å². The molecule has 6 aromatic rings. The Hall–Kier alpha value is -6.06. The molecule has 3 nitrogen and oxygen atoms in total. The summed E-state index contributed by atoms with van der Waals surface area (Å²) in [7, 11) is 0. The molecule has 7 rings (SSSR count). The van der Waals surface area contributed by atoms with E-state index in [1.165, 1.54) is 27.8 Å². The van der Waals surface area contributed by atoms with Crippen molar-refractivity contribution >= 4 is 23.9 Å². The summed E-state index contributed by atoms with van der Waals surface area (Å²) < 4.78 is 0. The van der Waals surface area contributed by atoms with Crippen LogP contribution in [0.3, 0.4) is 0 Å². The number of benzene rings is 5. The van der Waals surface area contributed by atoms with Gasteiger partial charge in [-0.25, -0.2) is 9.97 Å². The second-order valence-corrected chi connectivity index (χ2v) is 13.0. The fourth-order valence-corrected chi connectivity index (χ4v) is 6.78. The van der Waals surface area contributed by atoms with Crippen LogP contribution in [0.4, 0.5) is 0 Å². The summed E-state index contributed by atoms with van der Waals surface area (Å²) in [4.78, 5) is 10.5. The van der Waals surface area contributed by atoms with Crippen molar-refractivity contribution in [3.63, 3.8) is 0 Å². The van der Waals surface area contributed by atoms with Crippen LogP contribution in [0, 0.1) is 6.92 Å². The number of allylic oxidation sites excluding steroid dienone is 4. The van der Waals surface area contributed by atoms with E-state index in [1.807, 2.05) is 12.1 Å². The van der Waals surface area contributed by atoms with Crippen molar-refractivity contribution in [1.82, 2.24) is 9.97 Å². The first kappa shape index (κ1) is 33.4. The third kappa shape index (κ3) is 7.29. The Balaban J connectivity index is 1.50. The van der Waals surface area contributed by atoms with Gasteiger partial charge in [0.1, 0.15) is 0 Å². The van der Waals surface area contributed by atoms with E-state index in [9.17, 15) is 0 Å². The second kappa shape index (κ2) is 15.2. The Kier molecular flexibility index (Phi) is 9.98. The number of hydrogen-bond acceptors (Lipinski definition) is 3. The molecule has 0 fully saturated rings. The molecule has 0 aliphatic heterocycles. The largest absolute Gasteiger partial charge is 0.399 e. The van der Waals surface area contributed by atoms with E-state index in [1.54, 1.807) is 0 Å². The van der Waals surface area contributed by atoms with E-state index < -0.39 is 0 Å². The number of unbranched alkanes of at least 4 members (excludes halogenated alkanes) is 1. The number of nitrogens with two attached hydrogens (primary N) is 1. The topological polar surface area (TPSA) is 51.8 Å². The minimum absolute atomic E-state index is 0.684. The van der Waals surface area contributed by atoms with Gasteiger partial charge in [-0.3, -0.25) is 0 Å². The average molecular weight is 662 g/mol. The van der Waals surface area contributed by atoms with Gasteiger partial charge < -0.3 is 5.73 Å². The second-order valence-electron chi connectivity index (χ2n) is 13.0. The van der Waals surface area contributed by atoms with Gasteiger partial charge in [0, 0.05) is 22.4 Å². The molecule has 1 heterocycles. The molecule has 51 heavy (non-hydrogen) atoms. The molecule has 250 valence electrons. The van der Waals surface area contributed by atoms with E-state index in [4.69, 9.17) is 15.7 Å². The molecule has 1 aliphatic rings. The standard InChI is InChI=1S/C48H43N3/c1-4-6-23-44(49)35-26-24-34(25-27-35)39-29-40(47-42(16-5-2)33(3)28-38-21-14-9-15-22-43(38)47)31-41(30-39)48-50-45(36-17-10-7-11-18-36)32-46(51-48)37-19-12-8-13-20-37/h5,7-8,10-32H,4,6,9,49H2,1-3H3/b16-5-,44-23-. The fraction of sp³-hybridized carbons (Fsp3) is 0.125. The lowest BCUT2D eigenvalue weighted by molar-refractivity contribution is 0.958. The van der Waals surface area contributed by atoms with Gasteiger partial charge in [-0.05, 0) is 101 Å². The van der Waals surface area contributed by atoms with Crippen LogP contribution >= 0.6 is 0 Å². The van der Waals surface area contributed by atoms with Gasteiger partial charge in [-0.1, -0.05) is 147 Å². The molecule has 0 atom stereocenters. The van der Waals surface area contributed by atoms with Gasteiger partial charge in [0.25, 0.3) is 0 Å². The number of nitrogens with zero attached hydrogens (tertiary/aromatic N) is 2. The Morgan fingerprint density at radius 2 is 1.31 bits per heavy atom. The van der Waals surface area contributed by atoms with Crippen molar-refractivity contribution in [3.8, 4) is 56.2 Å². The fourth-order valence-electron chi connectivity index (χ4n) is 6.78. The first-order valence-corrected chi connectivity index (χ1v) is 17.9. The van der Waals surface area contributed by atoms with E-state index >= 15 is 0 Å². The first-order valence-electron chi connectivity index (χ1n) is 17.9. The summed E-state index contributed by atoms with van der Waals surface area (Å²) in [5.74, 6) is 0.684. The number of fused-ring (bicyclic) bond motifs is 1. The van der Waals surface area contributed by atoms with Crippen LogP contribution in [0.5, 0.6) is 0 Å². The SMILES string of the molecule is C/C=C\c1c(C)cc2c(c1-c1cc(-c3ccc(/C(N)=C/CCC)cc3)cc(-c3nc(-c4ccccc4)cc(-c4ccccc4)n3)c1)C=CCC=C2. The lowest BCUT2D eigenvalue weighted by atomic mass is 9.85. The molecule has 3 heteroatoms. The van der Waals surface area contributed by atoms with Crippen LogP contribution in [0.1, 0.15) is 60.9 Å². The summed E-state index contributed by atoms with van der Waals surface area (Å²) in [6.07, 6.45) is 18.4. The molecule has 1 aromatic heterocycles. The highest BCUT2D eigenvalue weighted by atomic mass is 14.9. The highest BCUT2D eigenvalue weighted by Gasteiger charge is 2.19. The van der Waals surface area contributed by atoms with Crippen LogP contribution in [0.25, 0.3) is 80.1 Å². The molecule has 1 aliphatic carbocycles. The third-order valence-corrected chi connectivity index (χ3v) is 9.38. The van der Waals surface area contributed by atoms with Crippen molar-refractivity contribution in [2.75, 3.05) is 0 Å². The smallest absolute Gasteiger partial charge is 0.160 e. The van der Waals surface area contributed by atoms with Crippen molar-refractivity contribution in [2.45, 2.75) is 40.0 Å². The Morgan fingerprint density at radius 3 is 1.96 bits per heavy atom. The molecular formula is C48H43N3. The molecule has 5 aromatic carbocycles. The van der Waals surface area contributed by atoms with Gasteiger partial charge in [-0.15, -0.1) is 0 Å². The summed E-state index contributed by atoms with van der Waals surface area (Å²) in [5.41, 5.74) is 22.6. The molecule has 0 spiro atoms. The van der Waals surface area contributed by atoms with Gasteiger partial charge in [0.15, 0.2) is 5.82 Å². The molecule has 0 radical (unpaired) electrons. The lowest BCUT2D eigenvalue weighted by Gasteiger charge is -2.19. The van der Waals surface area contributed by atoms with Crippen LogP contribution in [0.2, 0.25) is 0 Å². The zero-order valence-corrected chi connectivity index (χ0v) is 29.6. The molecule has 0 unspecified atom stereocenters. The van der Waals surface area contributed by atoms with E-state index in [-0.39, 0.29) is 0 Å². The molecule has 0 saturated heterocycles. The van der Waals surface area contributed by atoms with Crippen molar-refractivity contribution < 1.29 is 0 Å². The van der Waals surface area contributed by atoms with Gasteiger partial charge >= 0.3 is 0 Å². The molecular weight excluding hydrogens is 619 g/mol. The number of aryl methyl sites for hydroxylation is 1. The van der Waals surface area contributed by atoms with Gasteiger partial charge in [0.2, 0.25) is 0 Å². The van der Waals surface area contributed by atoms with E-state index in [0.717, 1.165) is 75.3 Å². The molecule has 0 saturated carbocycles. The van der Waals surface area contributed by atoms with Gasteiger partial charge in [-0.2, -0.15) is 0 Å². The zero-order chi connectivity index (χ0) is 35.2. The minimum atomic E-state index is 0.684. The monoisotopic (exact) mass is 661 g/mol. The summed E-state index contributed by atoms with van der Waals surface area (Å²) in [5, 5.41) is 0. The maximum absolute atomic E-state index is 6.46. The third-order valence-electron chi connectivity index (χ3n) is 9.38. The molecule has 0 bridgehead atoms. The zero-order valence-electron chi connectivity index (χ0n) is 29.6. The normalized spacial score (nSPS) is 12.6. The van der Waals surface area contributed by atoms with Crippen LogP contribution in [-0.2, 0) is 0 Å². The molecule has 0 amide bonds. The number of aromatic nitrogens is 2. The number of rotatable bonds is 9. The van der Waals surface area contributed by atoms with Crippen LogP contribution < -0.4 is 5.73 Å². The van der Waals surface area contributed by atoms with Gasteiger partial charge in [0.05, 0.1) is 11.4 Å². The van der Waals surface area contributed by atoms with E-state index in [0.29, 0.717) is 5.82 Å². The predicted molar refractivity (Wildman–Crippen MR) is 218 cm³/mol. The molecule has 2 N–H and O–H groups in total. The summed E-state index contributed by atoms with van der Waals surface area (Å²) >= 11 is 0. The lowest BCUT2D eigenvalue weighted by Crippen LogP contribution is -1.99. The summed E-state index contributed by atoms with van der Waals surface area (Å²) in [6.45, 7) is 6.46. The number of hydrogen-bond donors (Lipinski definition) is 1. The maximum atomic E-state index is 6.46. The van der Waals surface area contributed by atoms with Crippen LogP contribution in [0.15, 0.2) is 140 Å². The highest BCUT2D eigenvalue weighted by molar-refractivity contribution is 5.92.